The van der Waals surface area contributed by atoms with Crippen LogP contribution >= 0.6 is 0 Å². The number of anilines is 1. The van der Waals surface area contributed by atoms with Crippen molar-refractivity contribution in [3.63, 3.8) is 0 Å². The first-order valence-corrected chi connectivity index (χ1v) is 9.10. The molecule has 0 spiro atoms. The predicted molar refractivity (Wildman–Crippen MR) is 95.9 cm³/mol. The molecule has 5 nitrogen and oxygen atoms in total. The van der Waals surface area contributed by atoms with Crippen molar-refractivity contribution in [3.05, 3.63) is 23.9 Å². The molecule has 1 aliphatic carbocycles. The van der Waals surface area contributed by atoms with E-state index in [1.54, 1.807) is 0 Å². The van der Waals surface area contributed by atoms with E-state index in [1.807, 2.05) is 6.20 Å². The van der Waals surface area contributed by atoms with E-state index in [9.17, 15) is 0 Å². The number of aliphatic imine (C=N–C) groups is 1. The molecule has 3 rings (SSSR count). The summed E-state index contributed by atoms with van der Waals surface area (Å²) in [6.45, 7) is 5.97. The van der Waals surface area contributed by atoms with Gasteiger partial charge in [0.25, 0.3) is 0 Å². The summed E-state index contributed by atoms with van der Waals surface area (Å²) in [5.74, 6) is 2.04. The summed E-state index contributed by atoms with van der Waals surface area (Å²) < 4.78 is 0. The molecule has 1 saturated heterocycles. The maximum Gasteiger partial charge on any atom is 0.191 e. The smallest absolute Gasteiger partial charge is 0.191 e. The number of hydrogen-bond acceptors (Lipinski definition) is 3. The molecule has 0 radical (unpaired) electrons. The van der Waals surface area contributed by atoms with Gasteiger partial charge in [0.15, 0.2) is 5.96 Å². The summed E-state index contributed by atoms with van der Waals surface area (Å²) >= 11 is 0. The fourth-order valence-corrected chi connectivity index (χ4v) is 3.43. The van der Waals surface area contributed by atoms with Crippen molar-refractivity contribution in [1.82, 2.24) is 15.6 Å². The molecule has 2 aliphatic rings. The molecule has 2 heterocycles. The van der Waals surface area contributed by atoms with Crippen LogP contribution in [0.2, 0.25) is 0 Å². The van der Waals surface area contributed by atoms with Gasteiger partial charge >= 0.3 is 0 Å². The van der Waals surface area contributed by atoms with Crippen LogP contribution in [-0.4, -0.2) is 36.6 Å². The molecule has 126 valence electrons. The molecule has 5 heteroatoms. The lowest BCUT2D eigenvalue weighted by molar-refractivity contribution is 0.614. The van der Waals surface area contributed by atoms with Crippen molar-refractivity contribution in [2.24, 2.45) is 4.99 Å². The summed E-state index contributed by atoms with van der Waals surface area (Å²) in [5, 5.41) is 6.93. The summed E-state index contributed by atoms with van der Waals surface area (Å²) in [5.41, 5.74) is 1.23. The first-order chi connectivity index (χ1) is 11.3. The molecule has 2 fully saturated rings. The van der Waals surface area contributed by atoms with Gasteiger partial charge in [-0.05, 0) is 50.3 Å². The minimum absolute atomic E-state index is 0.588. The number of nitrogens with one attached hydrogen (secondary N) is 2. The molecule has 1 aromatic heterocycles. The second-order valence-corrected chi connectivity index (χ2v) is 6.54. The Hall–Kier alpha value is -1.78. The molecule has 0 amide bonds. The fraction of sp³-hybridized carbons (Fsp3) is 0.667. The molecule has 1 aliphatic heterocycles. The van der Waals surface area contributed by atoms with Crippen molar-refractivity contribution < 1.29 is 0 Å². The van der Waals surface area contributed by atoms with E-state index in [0.29, 0.717) is 12.6 Å². The van der Waals surface area contributed by atoms with Crippen LogP contribution in [0.4, 0.5) is 5.82 Å². The maximum absolute atomic E-state index is 4.76. The van der Waals surface area contributed by atoms with Gasteiger partial charge in [-0.25, -0.2) is 9.98 Å². The normalized spacial score (nSPS) is 19.3. The highest BCUT2D eigenvalue weighted by atomic mass is 15.2. The van der Waals surface area contributed by atoms with Crippen LogP contribution in [0.25, 0.3) is 0 Å². The minimum atomic E-state index is 0.588. The third-order valence-corrected chi connectivity index (χ3v) is 4.70. The van der Waals surface area contributed by atoms with Crippen LogP contribution in [0, 0.1) is 0 Å². The standard InChI is InChI=1S/C18H29N5/c1-2-19-18(22-16-7-3-4-8-16)21-14-15-9-10-20-17(13-15)23-11-5-6-12-23/h9-10,13,16H,2-8,11-12,14H2,1H3,(H2,19,21,22). The van der Waals surface area contributed by atoms with Gasteiger partial charge in [0, 0.05) is 31.9 Å². The molecular formula is C18H29N5. The summed E-state index contributed by atoms with van der Waals surface area (Å²) in [6, 6.07) is 4.85. The Morgan fingerprint density at radius 3 is 2.78 bits per heavy atom. The van der Waals surface area contributed by atoms with Gasteiger partial charge in [-0.3, -0.25) is 0 Å². The van der Waals surface area contributed by atoms with Gasteiger partial charge in [-0.15, -0.1) is 0 Å². The van der Waals surface area contributed by atoms with Gasteiger partial charge in [0.1, 0.15) is 5.82 Å². The quantitative estimate of drug-likeness (QED) is 0.648. The zero-order valence-corrected chi connectivity index (χ0v) is 14.2. The number of hydrogen-bond donors (Lipinski definition) is 2. The van der Waals surface area contributed by atoms with Gasteiger partial charge in [-0.1, -0.05) is 12.8 Å². The first kappa shape index (κ1) is 16.1. The van der Waals surface area contributed by atoms with Gasteiger partial charge in [0.2, 0.25) is 0 Å². The van der Waals surface area contributed by atoms with Crippen LogP contribution in [0.3, 0.4) is 0 Å². The molecule has 0 unspecified atom stereocenters. The van der Waals surface area contributed by atoms with E-state index in [0.717, 1.165) is 31.4 Å². The van der Waals surface area contributed by atoms with E-state index >= 15 is 0 Å². The third-order valence-electron chi connectivity index (χ3n) is 4.70. The van der Waals surface area contributed by atoms with Crippen LogP contribution in [0.1, 0.15) is 51.0 Å². The maximum atomic E-state index is 4.76. The Morgan fingerprint density at radius 2 is 2.04 bits per heavy atom. The van der Waals surface area contributed by atoms with E-state index in [-0.39, 0.29) is 0 Å². The van der Waals surface area contributed by atoms with Crippen molar-refractivity contribution in [1.29, 1.82) is 0 Å². The Kier molecular flexibility index (Phi) is 5.72. The fourth-order valence-electron chi connectivity index (χ4n) is 3.43. The lowest BCUT2D eigenvalue weighted by atomic mass is 10.2. The van der Waals surface area contributed by atoms with Crippen molar-refractivity contribution in [2.75, 3.05) is 24.5 Å². The SMILES string of the molecule is CCNC(=NCc1ccnc(N2CCCC2)c1)NC1CCCC1. The Bertz CT molecular complexity index is 516. The molecule has 0 bridgehead atoms. The zero-order valence-electron chi connectivity index (χ0n) is 14.2. The summed E-state index contributed by atoms with van der Waals surface area (Å²) in [7, 11) is 0. The highest BCUT2D eigenvalue weighted by Crippen LogP contribution is 2.19. The number of nitrogens with zero attached hydrogens (tertiary/aromatic N) is 3. The van der Waals surface area contributed by atoms with E-state index in [4.69, 9.17) is 4.99 Å². The van der Waals surface area contributed by atoms with Crippen molar-refractivity contribution >= 4 is 11.8 Å². The van der Waals surface area contributed by atoms with Crippen LogP contribution in [0.5, 0.6) is 0 Å². The Morgan fingerprint density at radius 1 is 1.26 bits per heavy atom. The monoisotopic (exact) mass is 315 g/mol. The number of guanidine groups is 1. The van der Waals surface area contributed by atoms with Gasteiger partial charge in [0.05, 0.1) is 6.54 Å². The van der Waals surface area contributed by atoms with Crippen LogP contribution in [-0.2, 0) is 6.54 Å². The lowest BCUT2D eigenvalue weighted by Gasteiger charge is -2.18. The predicted octanol–water partition coefficient (Wildman–Crippen LogP) is 2.68. The first-order valence-electron chi connectivity index (χ1n) is 9.10. The van der Waals surface area contributed by atoms with Crippen LogP contribution in [0.15, 0.2) is 23.3 Å². The topological polar surface area (TPSA) is 52.6 Å². The molecule has 2 N–H and O–H groups in total. The molecule has 0 aromatic carbocycles. The van der Waals surface area contributed by atoms with E-state index in [1.165, 1.54) is 44.1 Å². The second-order valence-electron chi connectivity index (χ2n) is 6.54. The second kappa shape index (κ2) is 8.18. The molecule has 23 heavy (non-hydrogen) atoms. The molecular weight excluding hydrogens is 286 g/mol. The molecule has 0 atom stereocenters. The number of rotatable bonds is 5. The highest BCUT2D eigenvalue weighted by Gasteiger charge is 2.16. The van der Waals surface area contributed by atoms with Crippen LogP contribution < -0.4 is 15.5 Å². The van der Waals surface area contributed by atoms with Gasteiger partial charge < -0.3 is 15.5 Å². The van der Waals surface area contributed by atoms with E-state index < -0.39 is 0 Å². The largest absolute Gasteiger partial charge is 0.357 e. The number of pyridine rings is 1. The van der Waals surface area contributed by atoms with E-state index in [2.05, 4.69) is 39.6 Å². The summed E-state index contributed by atoms with van der Waals surface area (Å²) in [6.07, 6.45) is 9.66. The van der Waals surface area contributed by atoms with Crippen molar-refractivity contribution in [2.45, 2.75) is 58.0 Å². The average molecular weight is 315 g/mol. The minimum Gasteiger partial charge on any atom is -0.357 e. The highest BCUT2D eigenvalue weighted by molar-refractivity contribution is 5.80. The Balaban J connectivity index is 1.62. The van der Waals surface area contributed by atoms with Crippen molar-refractivity contribution in [3.8, 4) is 0 Å². The number of aromatic nitrogens is 1. The zero-order chi connectivity index (χ0) is 15.9. The molecule has 1 saturated carbocycles. The summed E-state index contributed by atoms with van der Waals surface area (Å²) in [4.78, 5) is 11.6. The lowest BCUT2D eigenvalue weighted by Crippen LogP contribution is -2.42. The van der Waals surface area contributed by atoms with Gasteiger partial charge in [-0.2, -0.15) is 0 Å². The third kappa shape index (κ3) is 4.60. The molecule has 1 aromatic rings. The average Bonchev–Trinajstić information content (AvgIpc) is 3.27. The Labute approximate surface area is 139 Å².